The summed E-state index contributed by atoms with van der Waals surface area (Å²) in [5.74, 6) is 2.16. The van der Waals surface area contributed by atoms with Crippen LogP contribution in [-0.4, -0.2) is 37.0 Å². The highest BCUT2D eigenvalue weighted by atomic mass is 35.5. The van der Waals surface area contributed by atoms with E-state index in [0.29, 0.717) is 24.2 Å². The van der Waals surface area contributed by atoms with E-state index in [9.17, 15) is 4.79 Å². The Hall–Kier alpha value is -1.26. The van der Waals surface area contributed by atoms with Crippen molar-refractivity contribution in [3.63, 3.8) is 0 Å². The summed E-state index contributed by atoms with van der Waals surface area (Å²) in [5.41, 5.74) is 7.45. The van der Waals surface area contributed by atoms with Crippen molar-refractivity contribution in [3.8, 4) is 5.75 Å². The van der Waals surface area contributed by atoms with E-state index in [1.165, 1.54) is 12.0 Å². The molecule has 0 spiro atoms. The molecule has 0 bridgehead atoms. The Morgan fingerprint density at radius 2 is 1.83 bits per heavy atom. The maximum atomic E-state index is 12.5. The van der Waals surface area contributed by atoms with Crippen molar-refractivity contribution in [1.29, 1.82) is 0 Å². The molecule has 1 aliphatic heterocycles. The number of carbonyl (C=O) groups is 1. The van der Waals surface area contributed by atoms with Crippen molar-refractivity contribution in [1.82, 2.24) is 4.90 Å². The summed E-state index contributed by atoms with van der Waals surface area (Å²) >= 11 is 0. The standard InChI is InChI=1S/C19H28N2O2.ClH/c1-23-17-7-5-14(6-8-17)15-9-11-21(12-10-15)19(22)13-16-3-2-4-18(16)20;/h5-8,15-16,18H,2-4,9-13,20H2,1H3;1H/t16-,18+;/m0./s1. The lowest BCUT2D eigenvalue weighted by atomic mass is 9.89. The fourth-order valence-corrected chi connectivity index (χ4v) is 4.01. The van der Waals surface area contributed by atoms with Crippen LogP contribution in [0.3, 0.4) is 0 Å². The van der Waals surface area contributed by atoms with Crippen molar-refractivity contribution >= 4 is 18.3 Å². The number of rotatable bonds is 4. The van der Waals surface area contributed by atoms with Crippen LogP contribution >= 0.6 is 12.4 Å². The van der Waals surface area contributed by atoms with Gasteiger partial charge in [-0.2, -0.15) is 0 Å². The molecule has 4 nitrogen and oxygen atoms in total. The maximum Gasteiger partial charge on any atom is 0.222 e. The van der Waals surface area contributed by atoms with Gasteiger partial charge in [-0.25, -0.2) is 0 Å². The molecule has 3 rings (SSSR count). The van der Waals surface area contributed by atoms with Gasteiger partial charge >= 0.3 is 0 Å². The highest BCUT2D eigenvalue weighted by Crippen LogP contribution is 2.31. The smallest absolute Gasteiger partial charge is 0.222 e. The molecule has 1 aromatic rings. The van der Waals surface area contributed by atoms with E-state index in [4.69, 9.17) is 10.5 Å². The van der Waals surface area contributed by atoms with Crippen molar-refractivity contribution in [3.05, 3.63) is 29.8 Å². The molecular formula is C19H29ClN2O2. The number of piperidine rings is 1. The number of likely N-dealkylation sites (tertiary alicyclic amines) is 1. The van der Waals surface area contributed by atoms with E-state index in [1.54, 1.807) is 7.11 Å². The molecular weight excluding hydrogens is 324 g/mol. The first-order chi connectivity index (χ1) is 11.2. The second-order valence-corrected chi connectivity index (χ2v) is 6.99. The third-order valence-corrected chi connectivity index (χ3v) is 5.59. The fraction of sp³-hybridized carbons (Fsp3) is 0.632. The van der Waals surface area contributed by atoms with Crippen LogP contribution in [0.15, 0.2) is 24.3 Å². The maximum absolute atomic E-state index is 12.5. The van der Waals surface area contributed by atoms with E-state index in [2.05, 4.69) is 12.1 Å². The van der Waals surface area contributed by atoms with Gasteiger partial charge in [-0.1, -0.05) is 18.6 Å². The summed E-state index contributed by atoms with van der Waals surface area (Å²) in [5, 5.41) is 0. The summed E-state index contributed by atoms with van der Waals surface area (Å²) in [4.78, 5) is 14.5. The lowest BCUT2D eigenvalue weighted by Gasteiger charge is -2.33. The first-order valence-corrected chi connectivity index (χ1v) is 8.84. The van der Waals surface area contributed by atoms with Crippen molar-refractivity contribution in [2.24, 2.45) is 11.7 Å². The topological polar surface area (TPSA) is 55.6 Å². The van der Waals surface area contributed by atoms with Gasteiger partial charge in [0.1, 0.15) is 5.75 Å². The monoisotopic (exact) mass is 352 g/mol. The van der Waals surface area contributed by atoms with Crippen molar-refractivity contribution in [2.45, 2.75) is 50.5 Å². The van der Waals surface area contributed by atoms with E-state index in [0.717, 1.165) is 44.5 Å². The van der Waals surface area contributed by atoms with Gasteiger partial charge in [-0.05, 0) is 55.2 Å². The SMILES string of the molecule is COc1ccc(C2CCN(C(=O)C[C@@H]3CCC[C@H]3N)CC2)cc1.Cl. The molecule has 134 valence electrons. The highest BCUT2D eigenvalue weighted by molar-refractivity contribution is 5.85. The third-order valence-electron chi connectivity index (χ3n) is 5.59. The molecule has 2 atom stereocenters. The molecule has 2 N–H and O–H groups in total. The second-order valence-electron chi connectivity index (χ2n) is 6.99. The van der Waals surface area contributed by atoms with Gasteiger partial charge in [0, 0.05) is 25.6 Å². The number of benzene rings is 1. The van der Waals surface area contributed by atoms with Crippen LogP contribution in [-0.2, 0) is 4.79 Å². The minimum atomic E-state index is 0. The lowest BCUT2D eigenvalue weighted by molar-refractivity contribution is -0.133. The fourth-order valence-electron chi connectivity index (χ4n) is 4.01. The molecule has 1 amide bonds. The molecule has 2 aliphatic rings. The molecule has 1 saturated carbocycles. The lowest BCUT2D eigenvalue weighted by Crippen LogP contribution is -2.40. The predicted octanol–water partition coefficient (Wildman–Crippen LogP) is 3.34. The van der Waals surface area contributed by atoms with Gasteiger partial charge in [0.05, 0.1) is 7.11 Å². The normalized spacial score (nSPS) is 24.5. The van der Waals surface area contributed by atoms with Gasteiger partial charge in [0.25, 0.3) is 0 Å². The van der Waals surface area contributed by atoms with Crippen LogP contribution < -0.4 is 10.5 Å². The van der Waals surface area contributed by atoms with Gasteiger partial charge in [0.2, 0.25) is 5.91 Å². The van der Waals surface area contributed by atoms with Crippen LogP contribution in [0.1, 0.15) is 50.0 Å². The first kappa shape index (κ1) is 19.1. The van der Waals surface area contributed by atoms with Gasteiger partial charge < -0.3 is 15.4 Å². The third kappa shape index (κ3) is 4.42. The van der Waals surface area contributed by atoms with Crippen LogP contribution in [0.4, 0.5) is 0 Å². The van der Waals surface area contributed by atoms with Gasteiger partial charge in [-0.15, -0.1) is 12.4 Å². The van der Waals surface area contributed by atoms with Crippen LogP contribution in [0, 0.1) is 5.92 Å². The number of nitrogens with two attached hydrogens (primary N) is 1. The zero-order chi connectivity index (χ0) is 16.2. The largest absolute Gasteiger partial charge is 0.497 e. The number of halogens is 1. The van der Waals surface area contributed by atoms with Crippen LogP contribution in [0.25, 0.3) is 0 Å². The molecule has 1 saturated heterocycles. The average Bonchev–Trinajstić information content (AvgIpc) is 3.00. The number of methoxy groups -OCH3 is 1. The average molecular weight is 353 g/mol. The predicted molar refractivity (Wildman–Crippen MR) is 98.7 cm³/mol. The summed E-state index contributed by atoms with van der Waals surface area (Å²) in [6.07, 6.45) is 6.13. The molecule has 5 heteroatoms. The van der Waals surface area contributed by atoms with Crippen LogP contribution in [0.5, 0.6) is 5.75 Å². The van der Waals surface area contributed by atoms with Crippen molar-refractivity contribution in [2.75, 3.05) is 20.2 Å². The highest BCUT2D eigenvalue weighted by Gasteiger charge is 2.29. The van der Waals surface area contributed by atoms with Gasteiger partial charge in [0.15, 0.2) is 0 Å². The Kier molecular flexibility index (Phi) is 6.93. The number of nitrogens with zero attached hydrogens (tertiary/aromatic N) is 1. The van der Waals surface area contributed by atoms with E-state index in [1.807, 2.05) is 17.0 Å². The van der Waals surface area contributed by atoms with Crippen molar-refractivity contribution < 1.29 is 9.53 Å². The zero-order valence-corrected chi connectivity index (χ0v) is 15.3. The van der Waals surface area contributed by atoms with E-state index >= 15 is 0 Å². The number of hydrogen-bond donors (Lipinski definition) is 1. The molecule has 1 aliphatic carbocycles. The second kappa shape index (κ2) is 8.72. The number of carbonyl (C=O) groups excluding carboxylic acids is 1. The van der Waals surface area contributed by atoms with E-state index in [-0.39, 0.29) is 18.4 Å². The Morgan fingerprint density at radius 3 is 2.38 bits per heavy atom. The molecule has 0 unspecified atom stereocenters. The Bertz CT molecular complexity index is 527. The van der Waals surface area contributed by atoms with E-state index < -0.39 is 0 Å². The van der Waals surface area contributed by atoms with Gasteiger partial charge in [-0.3, -0.25) is 4.79 Å². The molecule has 1 aromatic carbocycles. The zero-order valence-electron chi connectivity index (χ0n) is 14.4. The number of ether oxygens (including phenoxy) is 1. The molecule has 2 fully saturated rings. The Balaban J connectivity index is 0.00000208. The molecule has 1 heterocycles. The Morgan fingerprint density at radius 1 is 1.17 bits per heavy atom. The number of amides is 1. The molecule has 24 heavy (non-hydrogen) atoms. The summed E-state index contributed by atoms with van der Waals surface area (Å²) in [6, 6.07) is 8.58. The van der Waals surface area contributed by atoms with Crippen LogP contribution in [0.2, 0.25) is 0 Å². The first-order valence-electron chi connectivity index (χ1n) is 8.84. The quantitative estimate of drug-likeness (QED) is 0.904. The number of hydrogen-bond acceptors (Lipinski definition) is 3. The Labute approximate surface area is 151 Å². The molecule has 0 aromatic heterocycles. The minimum absolute atomic E-state index is 0. The molecule has 0 radical (unpaired) electrons. The summed E-state index contributed by atoms with van der Waals surface area (Å²) in [7, 11) is 1.69. The summed E-state index contributed by atoms with van der Waals surface area (Å²) in [6.45, 7) is 1.75. The summed E-state index contributed by atoms with van der Waals surface area (Å²) < 4.78 is 5.21. The minimum Gasteiger partial charge on any atom is -0.497 e.